The van der Waals surface area contributed by atoms with Gasteiger partial charge < -0.3 is 5.11 Å². The molecule has 0 aromatic carbocycles. The van der Waals surface area contributed by atoms with Crippen LogP contribution in [-0.4, -0.2) is 53.7 Å². The molecular formula is C5H13NO6S2. The van der Waals surface area contributed by atoms with Crippen LogP contribution in [0.5, 0.6) is 0 Å². The van der Waals surface area contributed by atoms with E-state index in [4.69, 9.17) is 5.11 Å². The van der Waals surface area contributed by atoms with Gasteiger partial charge in [-0.3, -0.25) is 4.18 Å². The molecule has 0 spiro atoms. The average molecular weight is 247 g/mol. The van der Waals surface area contributed by atoms with E-state index in [9.17, 15) is 16.8 Å². The molecule has 2 N–H and O–H groups in total. The van der Waals surface area contributed by atoms with Gasteiger partial charge in [0.1, 0.15) is 0 Å². The molecule has 0 aromatic rings. The second-order valence-electron chi connectivity index (χ2n) is 2.33. The summed E-state index contributed by atoms with van der Waals surface area (Å²) in [5.74, 6) is -0.971. The highest BCUT2D eigenvalue weighted by atomic mass is 32.2. The third-order valence-corrected chi connectivity index (χ3v) is 3.80. The van der Waals surface area contributed by atoms with E-state index in [1.807, 2.05) is 4.72 Å². The Kier molecular flexibility index (Phi) is 5.52. The smallest absolute Gasteiger partial charge is 0.269 e. The summed E-state index contributed by atoms with van der Waals surface area (Å²) in [6.45, 7) is -1.01. The highest BCUT2D eigenvalue weighted by Crippen LogP contribution is 1.93. The summed E-state index contributed by atoms with van der Waals surface area (Å²) in [4.78, 5) is 0. The van der Waals surface area contributed by atoms with Gasteiger partial charge in [-0.05, 0) is 7.05 Å². The fourth-order valence-electron chi connectivity index (χ4n) is 0.543. The maximum atomic E-state index is 10.8. The second-order valence-corrected chi connectivity index (χ2v) is 6.14. The zero-order chi connectivity index (χ0) is 11.2. The van der Waals surface area contributed by atoms with E-state index in [-0.39, 0.29) is 0 Å². The summed E-state index contributed by atoms with van der Waals surface area (Å²) in [7, 11) is -6.04. The van der Waals surface area contributed by atoms with Crippen LogP contribution in [0.25, 0.3) is 0 Å². The van der Waals surface area contributed by atoms with Crippen molar-refractivity contribution in [3.63, 3.8) is 0 Å². The number of hydrogen-bond acceptors (Lipinski definition) is 6. The SMILES string of the molecule is CNS(=O)(=O)CCOS(=O)(=O)CCO. The lowest BCUT2D eigenvalue weighted by atomic mass is 10.9. The zero-order valence-electron chi connectivity index (χ0n) is 7.63. The van der Waals surface area contributed by atoms with Crippen molar-refractivity contribution in [2.24, 2.45) is 0 Å². The van der Waals surface area contributed by atoms with Crippen molar-refractivity contribution in [1.82, 2.24) is 4.72 Å². The second kappa shape index (κ2) is 5.61. The monoisotopic (exact) mass is 247 g/mol. The van der Waals surface area contributed by atoms with Crippen LogP contribution >= 0.6 is 0 Å². The quantitative estimate of drug-likeness (QED) is 0.497. The first kappa shape index (κ1) is 13.8. The average Bonchev–Trinajstić information content (AvgIpc) is 2.03. The van der Waals surface area contributed by atoms with Gasteiger partial charge in [0.2, 0.25) is 10.0 Å². The summed E-state index contributed by atoms with van der Waals surface area (Å²) in [6, 6.07) is 0. The summed E-state index contributed by atoms with van der Waals surface area (Å²) >= 11 is 0. The lowest BCUT2D eigenvalue weighted by Crippen LogP contribution is -2.26. The van der Waals surface area contributed by atoms with Gasteiger partial charge in [-0.2, -0.15) is 8.42 Å². The third kappa shape index (κ3) is 6.27. The maximum Gasteiger partial charge on any atom is 0.269 e. The van der Waals surface area contributed by atoms with Crippen LogP contribution in [0.15, 0.2) is 0 Å². The lowest BCUT2D eigenvalue weighted by molar-refractivity contribution is 0.299. The largest absolute Gasteiger partial charge is 0.395 e. The Morgan fingerprint density at radius 3 is 2.21 bits per heavy atom. The minimum absolute atomic E-state index is 0.436. The highest BCUT2D eigenvalue weighted by Gasteiger charge is 2.13. The van der Waals surface area contributed by atoms with E-state index in [0.29, 0.717) is 0 Å². The minimum Gasteiger partial charge on any atom is -0.395 e. The molecule has 86 valence electrons. The number of hydrogen-bond donors (Lipinski definition) is 2. The number of sulfonamides is 1. The summed E-state index contributed by atoms with van der Waals surface area (Å²) < 4.78 is 49.5. The molecule has 0 saturated heterocycles. The Labute approximate surface area is 83.3 Å². The molecule has 0 saturated carbocycles. The molecule has 7 nitrogen and oxygen atoms in total. The first-order chi connectivity index (χ1) is 6.33. The van der Waals surface area contributed by atoms with E-state index in [1.54, 1.807) is 0 Å². The number of aliphatic hydroxyl groups is 1. The van der Waals surface area contributed by atoms with E-state index in [1.165, 1.54) is 7.05 Å². The van der Waals surface area contributed by atoms with Gasteiger partial charge >= 0.3 is 0 Å². The van der Waals surface area contributed by atoms with Crippen molar-refractivity contribution < 1.29 is 26.1 Å². The van der Waals surface area contributed by atoms with Crippen LogP contribution in [0.2, 0.25) is 0 Å². The van der Waals surface area contributed by atoms with Gasteiger partial charge in [-0.25, -0.2) is 13.1 Å². The maximum absolute atomic E-state index is 10.8. The Bertz CT molecular complexity index is 344. The molecule has 0 aliphatic rings. The van der Waals surface area contributed by atoms with Crippen LogP contribution in [0, 0.1) is 0 Å². The molecule has 0 atom stereocenters. The van der Waals surface area contributed by atoms with Gasteiger partial charge in [-0.15, -0.1) is 0 Å². The fourth-order valence-corrected chi connectivity index (χ4v) is 1.83. The molecule has 0 heterocycles. The zero-order valence-corrected chi connectivity index (χ0v) is 9.27. The molecule has 0 aromatic heterocycles. The molecule has 0 radical (unpaired) electrons. The first-order valence-electron chi connectivity index (χ1n) is 3.72. The number of aliphatic hydroxyl groups excluding tert-OH is 1. The summed E-state index contributed by atoms with van der Waals surface area (Å²) in [5, 5.41) is 8.32. The van der Waals surface area contributed by atoms with Crippen LogP contribution in [0.1, 0.15) is 0 Å². The Morgan fingerprint density at radius 2 is 1.79 bits per heavy atom. The molecule has 0 aliphatic carbocycles. The Hall–Kier alpha value is -0.220. The van der Waals surface area contributed by atoms with E-state index < -0.39 is 44.9 Å². The molecule has 14 heavy (non-hydrogen) atoms. The van der Waals surface area contributed by atoms with Crippen LogP contribution in [-0.2, 0) is 24.3 Å². The minimum atomic E-state index is -3.80. The summed E-state index contributed by atoms with van der Waals surface area (Å²) in [5.41, 5.74) is 0. The van der Waals surface area contributed by atoms with E-state index in [2.05, 4.69) is 4.18 Å². The van der Waals surface area contributed by atoms with Crippen molar-refractivity contribution >= 4 is 20.1 Å². The van der Waals surface area contributed by atoms with Crippen LogP contribution in [0.3, 0.4) is 0 Å². The molecule has 9 heteroatoms. The van der Waals surface area contributed by atoms with Gasteiger partial charge in [0, 0.05) is 0 Å². The number of nitrogens with one attached hydrogen (secondary N) is 1. The Balaban J connectivity index is 3.98. The van der Waals surface area contributed by atoms with E-state index in [0.717, 1.165) is 0 Å². The van der Waals surface area contributed by atoms with E-state index >= 15 is 0 Å². The normalized spacial score (nSPS) is 13.0. The molecule has 0 amide bonds. The molecule has 0 bridgehead atoms. The molecule has 0 aliphatic heterocycles. The predicted octanol–water partition coefficient (Wildman–Crippen LogP) is -2.13. The van der Waals surface area contributed by atoms with Crippen molar-refractivity contribution in [1.29, 1.82) is 0 Å². The highest BCUT2D eigenvalue weighted by molar-refractivity contribution is 7.89. The molecule has 0 rings (SSSR count). The standard InChI is InChI=1S/C5H13NO6S2/c1-6-13(8,9)5-3-12-14(10,11)4-2-7/h6-7H,2-5H2,1H3. The topological polar surface area (TPSA) is 110 Å². The van der Waals surface area contributed by atoms with Gasteiger partial charge in [0.05, 0.1) is 24.7 Å². The van der Waals surface area contributed by atoms with Crippen molar-refractivity contribution in [2.75, 3.05) is 31.8 Å². The molecule has 0 fully saturated rings. The number of rotatable bonds is 7. The van der Waals surface area contributed by atoms with Gasteiger partial charge in [0.25, 0.3) is 10.1 Å². The van der Waals surface area contributed by atoms with Crippen LogP contribution in [0.4, 0.5) is 0 Å². The van der Waals surface area contributed by atoms with Crippen molar-refractivity contribution in [3.05, 3.63) is 0 Å². The van der Waals surface area contributed by atoms with Crippen LogP contribution < -0.4 is 4.72 Å². The summed E-state index contributed by atoms with van der Waals surface area (Å²) in [6.07, 6.45) is 0. The third-order valence-electron chi connectivity index (χ3n) is 1.27. The molecule has 0 unspecified atom stereocenters. The molecular weight excluding hydrogens is 234 g/mol. The van der Waals surface area contributed by atoms with Crippen molar-refractivity contribution in [3.8, 4) is 0 Å². The Morgan fingerprint density at radius 1 is 1.21 bits per heavy atom. The van der Waals surface area contributed by atoms with Gasteiger partial charge in [-0.1, -0.05) is 0 Å². The van der Waals surface area contributed by atoms with Gasteiger partial charge in [0.15, 0.2) is 0 Å². The lowest BCUT2D eigenvalue weighted by Gasteiger charge is -2.04. The first-order valence-corrected chi connectivity index (χ1v) is 6.95. The fraction of sp³-hybridized carbons (Fsp3) is 1.00. The predicted molar refractivity (Wildman–Crippen MR) is 49.7 cm³/mol. The van der Waals surface area contributed by atoms with Crippen molar-refractivity contribution in [2.45, 2.75) is 0 Å².